The van der Waals surface area contributed by atoms with Gasteiger partial charge in [-0.25, -0.2) is 9.18 Å². The van der Waals surface area contributed by atoms with Crippen LogP contribution in [0.4, 0.5) is 10.1 Å². The zero-order valence-electron chi connectivity index (χ0n) is 19.6. The molecule has 1 saturated heterocycles. The van der Waals surface area contributed by atoms with Crippen molar-refractivity contribution in [3.63, 3.8) is 0 Å². The Bertz CT molecular complexity index is 1280. The first-order valence-electron chi connectivity index (χ1n) is 11.6. The Morgan fingerprint density at radius 3 is 2.31 bits per heavy atom. The Labute approximate surface area is 215 Å². The number of aromatic carboxylic acids is 1. The lowest BCUT2D eigenvalue weighted by atomic mass is 10.2. The SMILES string of the molecule is O=C(O)c1cc(SCCc2ccccc2)ccc1NS(=O)(=O)N1CCN(Cc2ccc(F)cc2)CC1. The summed E-state index contributed by atoms with van der Waals surface area (Å²) in [5, 5.41) is 9.70. The predicted octanol–water partition coefficient (Wildman–Crippen LogP) is 4.33. The van der Waals surface area contributed by atoms with E-state index >= 15 is 0 Å². The second kappa shape index (κ2) is 11.9. The molecule has 1 heterocycles. The zero-order chi connectivity index (χ0) is 25.5. The van der Waals surface area contributed by atoms with Gasteiger partial charge < -0.3 is 5.11 Å². The Morgan fingerprint density at radius 1 is 0.944 bits per heavy atom. The summed E-state index contributed by atoms with van der Waals surface area (Å²) in [7, 11) is -3.92. The van der Waals surface area contributed by atoms with E-state index in [0.29, 0.717) is 19.6 Å². The van der Waals surface area contributed by atoms with Crippen LogP contribution < -0.4 is 4.72 Å². The number of carboxylic acids is 1. The first kappa shape index (κ1) is 26.2. The second-order valence-corrected chi connectivity index (χ2v) is 11.3. The third-order valence-electron chi connectivity index (χ3n) is 5.95. The fourth-order valence-corrected chi connectivity index (χ4v) is 6.16. The lowest BCUT2D eigenvalue weighted by Crippen LogP contribution is -2.49. The molecule has 3 aromatic carbocycles. The van der Waals surface area contributed by atoms with Crippen LogP contribution in [0.15, 0.2) is 77.7 Å². The van der Waals surface area contributed by atoms with Crippen LogP contribution >= 0.6 is 11.8 Å². The summed E-state index contributed by atoms with van der Waals surface area (Å²) in [6.07, 6.45) is 0.843. The van der Waals surface area contributed by atoms with Crippen molar-refractivity contribution in [1.29, 1.82) is 0 Å². The maximum Gasteiger partial charge on any atom is 0.337 e. The Morgan fingerprint density at radius 2 is 1.64 bits per heavy atom. The lowest BCUT2D eigenvalue weighted by Gasteiger charge is -2.34. The molecule has 3 aromatic rings. The molecule has 0 aliphatic carbocycles. The van der Waals surface area contributed by atoms with E-state index in [2.05, 4.69) is 9.62 Å². The van der Waals surface area contributed by atoms with Crippen molar-refractivity contribution in [1.82, 2.24) is 9.21 Å². The van der Waals surface area contributed by atoms with Gasteiger partial charge in [0.1, 0.15) is 5.82 Å². The van der Waals surface area contributed by atoms with Crippen molar-refractivity contribution in [2.75, 3.05) is 36.7 Å². The molecule has 0 radical (unpaired) electrons. The number of halogens is 1. The van der Waals surface area contributed by atoms with Gasteiger partial charge >= 0.3 is 16.2 Å². The van der Waals surface area contributed by atoms with Gasteiger partial charge in [0.15, 0.2) is 0 Å². The molecule has 0 saturated carbocycles. The number of piperazine rings is 1. The first-order valence-corrected chi connectivity index (χ1v) is 14.0. The molecule has 2 N–H and O–H groups in total. The van der Waals surface area contributed by atoms with Gasteiger partial charge in [0.25, 0.3) is 0 Å². The van der Waals surface area contributed by atoms with Gasteiger partial charge in [0.05, 0.1) is 11.3 Å². The molecule has 0 spiro atoms. The Hall–Kier alpha value is -2.92. The van der Waals surface area contributed by atoms with Crippen LogP contribution in [0.5, 0.6) is 0 Å². The van der Waals surface area contributed by atoms with Gasteiger partial charge in [-0.2, -0.15) is 12.7 Å². The molecular formula is C26H28FN3O4S2. The van der Waals surface area contributed by atoms with E-state index in [-0.39, 0.29) is 30.2 Å². The maximum absolute atomic E-state index is 13.1. The van der Waals surface area contributed by atoms with E-state index in [9.17, 15) is 22.7 Å². The van der Waals surface area contributed by atoms with E-state index in [1.807, 2.05) is 30.3 Å². The van der Waals surface area contributed by atoms with Crippen LogP contribution in [0.3, 0.4) is 0 Å². The number of carboxylic acid groups (broad SMARTS) is 1. The van der Waals surface area contributed by atoms with E-state index in [4.69, 9.17) is 0 Å². The van der Waals surface area contributed by atoms with Gasteiger partial charge in [0.2, 0.25) is 0 Å². The normalized spacial score (nSPS) is 15.0. The first-order chi connectivity index (χ1) is 17.3. The van der Waals surface area contributed by atoms with Gasteiger partial charge in [-0.3, -0.25) is 9.62 Å². The number of nitrogens with zero attached hydrogens (tertiary/aromatic N) is 2. The van der Waals surface area contributed by atoms with E-state index in [1.54, 1.807) is 18.2 Å². The fourth-order valence-electron chi connectivity index (χ4n) is 3.99. The molecule has 7 nitrogen and oxygen atoms in total. The van der Waals surface area contributed by atoms with E-state index in [0.717, 1.165) is 22.6 Å². The quantitative estimate of drug-likeness (QED) is 0.380. The molecule has 10 heteroatoms. The Kier molecular flexibility index (Phi) is 8.63. The van der Waals surface area contributed by atoms with Gasteiger partial charge in [-0.1, -0.05) is 42.5 Å². The van der Waals surface area contributed by atoms with Crippen molar-refractivity contribution in [3.05, 3.63) is 95.3 Å². The minimum absolute atomic E-state index is 0.0450. The number of aryl methyl sites for hydroxylation is 1. The summed E-state index contributed by atoms with van der Waals surface area (Å²) < 4.78 is 42.9. The van der Waals surface area contributed by atoms with Crippen LogP contribution in [0.2, 0.25) is 0 Å². The Balaban J connectivity index is 1.35. The largest absolute Gasteiger partial charge is 0.478 e. The van der Waals surface area contributed by atoms with Crippen molar-refractivity contribution >= 4 is 33.6 Å². The van der Waals surface area contributed by atoms with Crippen LogP contribution in [0.1, 0.15) is 21.5 Å². The monoisotopic (exact) mass is 529 g/mol. The topological polar surface area (TPSA) is 89.9 Å². The van der Waals surface area contributed by atoms with Gasteiger partial charge in [0, 0.05) is 43.4 Å². The standard InChI is InChI=1S/C26H28FN3O4S2/c27-22-8-6-21(7-9-22)19-29-13-15-30(16-14-29)36(33,34)28-25-11-10-23(18-24(25)26(31)32)35-17-12-20-4-2-1-3-5-20/h1-11,18,28H,12-17,19H2,(H,31,32). The number of thioether (sulfide) groups is 1. The number of benzene rings is 3. The summed E-state index contributed by atoms with van der Waals surface area (Å²) in [4.78, 5) is 14.7. The number of hydrogen-bond acceptors (Lipinski definition) is 5. The third-order valence-corrected chi connectivity index (χ3v) is 8.47. The predicted molar refractivity (Wildman–Crippen MR) is 140 cm³/mol. The highest BCUT2D eigenvalue weighted by Crippen LogP contribution is 2.27. The van der Waals surface area contributed by atoms with Crippen molar-refractivity contribution in [3.8, 4) is 0 Å². The van der Waals surface area contributed by atoms with Crippen LogP contribution in [0, 0.1) is 5.82 Å². The highest BCUT2D eigenvalue weighted by molar-refractivity contribution is 7.99. The fraction of sp³-hybridized carbons (Fsp3) is 0.269. The summed E-state index contributed by atoms with van der Waals surface area (Å²) in [5.74, 6) is -0.710. The molecule has 1 aliphatic heterocycles. The molecule has 0 bridgehead atoms. The summed E-state index contributed by atoms with van der Waals surface area (Å²) in [6, 6.07) is 21.0. The molecule has 1 fully saturated rings. The molecule has 4 rings (SSSR count). The maximum atomic E-state index is 13.1. The van der Waals surface area contributed by atoms with E-state index in [1.165, 1.54) is 45.9 Å². The lowest BCUT2D eigenvalue weighted by molar-refractivity contribution is 0.0697. The number of nitrogens with one attached hydrogen (secondary N) is 1. The minimum Gasteiger partial charge on any atom is -0.478 e. The number of carbonyl (C=O) groups is 1. The molecule has 0 aromatic heterocycles. The number of anilines is 1. The van der Waals surface area contributed by atoms with Crippen LogP contribution in [-0.2, 0) is 23.2 Å². The molecule has 36 heavy (non-hydrogen) atoms. The molecule has 0 unspecified atom stereocenters. The third kappa shape index (κ3) is 7.07. The highest BCUT2D eigenvalue weighted by atomic mass is 32.2. The van der Waals surface area contributed by atoms with Crippen molar-refractivity contribution < 1.29 is 22.7 Å². The number of hydrogen-bond donors (Lipinski definition) is 2. The molecule has 190 valence electrons. The second-order valence-electron chi connectivity index (χ2n) is 8.51. The van der Waals surface area contributed by atoms with Gasteiger partial charge in [-0.15, -0.1) is 11.8 Å². The smallest absolute Gasteiger partial charge is 0.337 e. The average molecular weight is 530 g/mol. The highest BCUT2D eigenvalue weighted by Gasteiger charge is 2.28. The molecule has 0 amide bonds. The zero-order valence-corrected chi connectivity index (χ0v) is 21.3. The van der Waals surface area contributed by atoms with Crippen molar-refractivity contribution in [2.45, 2.75) is 17.9 Å². The molecule has 1 aliphatic rings. The van der Waals surface area contributed by atoms with Crippen LogP contribution in [-0.4, -0.2) is 60.6 Å². The summed E-state index contributed by atoms with van der Waals surface area (Å²) >= 11 is 1.53. The minimum atomic E-state index is -3.92. The number of rotatable bonds is 10. The van der Waals surface area contributed by atoms with Gasteiger partial charge in [-0.05, 0) is 47.9 Å². The van der Waals surface area contributed by atoms with E-state index < -0.39 is 16.2 Å². The van der Waals surface area contributed by atoms with Crippen LogP contribution in [0.25, 0.3) is 0 Å². The molecular weight excluding hydrogens is 501 g/mol. The summed E-state index contributed by atoms with van der Waals surface area (Å²) in [6.45, 7) is 2.18. The molecule has 0 atom stereocenters. The average Bonchev–Trinajstić information content (AvgIpc) is 2.87. The van der Waals surface area contributed by atoms with Crippen molar-refractivity contribution in [2.24, 2.45) is 0 Å². The summed E-state index contributed by atoms with van der Waals surface area (Å²) in [5.41, 5.74) is 2.12.